The summed E-state index contributed by atoms with van der Waals surface area (Å²) in [7, 11) is 1.65. The van der Waals surface area contributed by atoms with Crippen molar-refractivity contribution in [2.24, 2.45) is 12.5 Å². The summed E-state index contributed by atoms with van der Waals surface area (Å²) in [5, 5.41) is 5.73. The van der Waals surface area contributed by atoms with Crippen molar-refractivity contribution in [2.45, 2.75) is 19.4 Å². The summed E-state index contributed by atoms with van der Waals surface area (Å²) in [6, 6.07) is 5.22. The van der Waals surface area contributed by atoms with Gasteiger partial charge < -0.3 is 20.0 Å². The number of piperidine rings is 1. The van der Waals surface area contributed by atoms with Gasteiger partial charge in [-0.25, -0.2) is 9.59 Å². The molecular formula is C17H20N4O4. The molecule has 1 aromatic heterocycles. The van der Waals surface area contributed by atoms with Crippen molar-refractivity contribution in [3.05, 3.63) is 34.3 Å². The summed E-state index contributed by atoms with van der Waals surface area (Å²) in [5.41, 5.74) is 1.68. The maximum atomic E-state index is 12.3. The average Bonchev–Trinajstić information content (AvgIpc) is 2.85. The standard InChI is InChI=1S/C17H20N4O4/c1-20-12-4-3-11(7-13(12)25-16(20)24)8-19-15(23)21-9-17(10-21)5-2-6-18-14(17)22/h3-4,7H,2,5-6,8-10H2,1H3,(H,18,22)(H,19,23). The van der Waals surface area contributed by atoms with Gasteiger partial charge in [-0.05, 0) is 30.5 Å². The molecule has 0 unspecified atom stereocenters. The van der Waals surface area contributed by atoms with E-state index in [1.54, 1.807) is 24.1 Å². The number of nitrogens with zero attached hydrogens (tertiary/aromatic N) is 2. The van der Waals surface area contributed by atoms with Crippen molar-refractivity contribution in [3.63, 3.8) is 0 Å². The van der Waals surface area contributed by atoms with Crippen molar-refractivity contribution in [1.82, 2.24) is 20.1 Å². The third-order valence-electron chi connectivity index (χ3n) is 5.17. The Labute approximate surface area is 143 Å². The van der Waals surface area contributed by atoms with Gasteiger partial charge in [0.15, 0.2) is 5.58 Å². The van der Waals surface area contributed by atoms with Crippen molar-refractivity contribution in [1.29, 1.82) is 0 Å². The first-order chi connectivity index (χ1) is 12.0. The molecule has 8 heteroatoms. The molecule has 0 atom stereocenters. The van der Waals surface area contributed by atoms with E-state index in [4.69, 9.17) is 4.42 Å². The SMILES string of the molecule is Cn1c(=O)oc2cc(CNC(=O)N3CC4(CCCNC4=O)C3)ccc21. The van der Waals surface area contributed by atoms with E-state index in [0.717, 1.165) is 24.9 Å². The van der Waals surface area contributed by atoms with E-state index in [0.29, 0.717) is 30.7 Å². The minimum absolute atomic E-state index is 0.0624. The number of oxazole rings is 1. The van der Waals surface area contributed by atoms with Crippen LogP contribution in [-0.4, -0.2) is 41.0 Å². The molecule has 2 aliphatic heterocycles. The monoisotopic (exact) mass is 344 g/mol. The summed E-state index contributed by atoms with van der Waals surface area (Å²) in [6.07, 6.45) is 1.80. The Morgan fingerprint density at radius 1 is 1.36 bits per heavy atom. The highest BCUT2D eigenvalue weighted by Crippen LogP contribution is 2.37. The summed E-state index contributed by atoms with van der Waals surface area (Å²) in [5.74, 6) is -0.347. The molecule has 0 saturated carbocycles. The number of hydrogen-bond acceptors (Lipinski definition) is 4. The summed E-state index contributed by atoms with van der Waals surface area (Å²) in [4.78, 5) is 37.4. The Bertz CT molecular complexity index is 907. The van der Waals surface area contributed by atoms with E-state index < -0.39 is 5.76 Å². The number of rotatable bonds is 2. The van der Waals surface area contributed by atoms with Gasteiger partial charge in [0, 0.05) is 33.2 Å². The summed E-state index contributed by atoms with van der Waals surface area (Å²) < 4.78 is 6.59. The first-order valence-corrected chi connectivity index (χ1v) is 8.38. The largest absolute Gasteiger partial charge is 0.419 e. The predicted octanol–water partition coefficient (Wildman–Crippen LogP) is 0.553. The van der Waals surface area contributed by atoms with Crippen molar-refractivity contribution >= 4 is 23.0 Å². The molecule has 132 valence electrons. The molecular weight excluding hydrogens is 324 g/mol. The Morgan fingerprint density at radius 3 is 2.92 bits per heavy atom. The summed E-state index contributed by atoms with van der Waals surface area (Å²) in [6.45, 7) is 2.00. The van der Waals surface area contributed by atoms with Crippen LogP contribution in [0.4, 0.5) is 4.79 Å². The first kappa shape index (κ1) is 15.7. The van der Waals surface area contributed by atoms with Gasteiger partial charge in [0.1, 0.15) is 0 Å². The van der Waals surface area contributed by atoms with E-state index in [9.17, 15) is 14.4 Å². The number of hydrogen-bond donors (Lipinski definition) is 2. The van der Waals surface area contributed by atoms with Gasteiger partial charge in [0.25, 0.3) is 0 Å². The van der Waals surface area contributed by atoms with E-state index in [-0.39, 0.29) is 17.4 Å². The van der Waals surface area contributed by atoms with Gasteiger partial charge in [0.05, 0.1) is 10.9 Å². The highest BCUT2D eigenvalue weighted by Gasteiger charge is 2.51. The number of amides is 3. The lowest BCUT2D eigenvalue weighted by molar-refractivity contribution is -0.142. The van der Waals surface area contributed by atoms with E-state index in [2.05, 4.69) is 10.6 Å². The molecule has 4 rings (SSSR count). The molecule has 3 amide bonds. The minimum atomic E-state index is -0.409. The number of urea groups is 1. The van der Waals surface area contributed by atoms with E-state index >= 15 is 0 Å². The van der Waals surface area contributed by atoms with Crippen LogP contribution in [0.15, 0.2) is 27.4 Å². The fourth-order valence-corrected chi connectivity index (χ4v) is 3.64. The number of aromatic nitrogens is 1. The topological polar surface area (TPSA) is 96.6 Å². The third kappa shape index (κ3) is 2.57. The van der Waals surface area contributed by atoms with Gasteiger partial charge >= 0.3 is 11.8 Å². The fourth-order valence-electron chi connectivity index (χ4n) is 3.64. The number of aryl methyl sites for hydroxylation is 1. The second kappa shape index (κ2) is 5.65. The molecule has 0 bridgehead atoms. The Morgan fingerprint density at radius 2 is 2.16 bits per heavy atom. The van der Waals surface area contributed by atoms with Crippen LogP contribution in [-0.2, 0) is 18.4 Å². The molecule has 2 fully saturated rings. The molecule has 2 aliphatic rings. The number of likely N-dealkylation sites (tertiary alicyclic amines) is 1. The molecule has 2 N–H and O–H groups in total. The molecule has 0 radical (unpaired) electrons. The molecule has 8 nitrogen and oxygen atoms in total. The van der Waals surface area contributed by atoms with Crippen LogP contribution in [0.1, 0.15) is 18.4 Å². The first-order valence-electron chi connectivity index (χ1n) is 8.38. The second-order valence-corrected chi connectivity index (χ2v) is 6.88. The third-order valence-corrected chi connectivity index (χ3v) is 5.17. The lowest BCUT2D eigenvalue weighted by Gasteiger charge is -2.50. The Kier molecular flexibility index (Phi) is 3.55. The Hall–Kier alpha value is -2.77. The predicted molar refractivity (Wildman–Crippen MR) is 89.9 cm³/mol. The number of nitrogens with one attached hydrogen (secondary N) is 2. The van der Waals surface area contributed by atoms with Crippen LogP contribution >= 0.6 is 0 Å². The van der Waals surface area contributed by atoms with Crippen LogP contribution in [0.5, 0.6) is 0 Å². The van der Waals surface area contributed by atoms with Gasteiger partial charge in [0.2, 0.25) is 5.91 Å². The lowest BCUT2D eigenvalue weighted by Crippen LogP contribution is -2.67. The van der Waals surface area contributed by atoms with Gasteiger partial charge in [-0.2, -0.15) is 0 Å². The van der Waals surface area contributed by atoms with Crippen molar-refractivity contribution < 1.29 is 14.0 Å². The van der Waals surface area contributed by atoms with E-state index in [1.165, 1.54) is 4.57 Å². The van der Waals surface area contributed by atoms with Gasteiger partial charge in [-0.1, -0.05) is 6.07 Å². The highest BCUT2D eigenvalue weighted by atomic mass is 16.4. The maximum Gasteiger partial charge on any atom is 0.419 e. The van der Waals surface area contributed by atoms with Crippen LogP contribution in [0, 0.1) is 5.41 Å². The molecule has 1 spiro atoms. The lowest BCUT2D eigenvalue weighted by atomic mass is 9.73. The van der Waals surface area contributed by atoms with Gasteiger partial charge in [-0.3, -0.25) is 9.36 Å². The zero-order chi connectivity index (χ0) is 17.6. The van der Waals surface area contributed by atoms with Crippen LogP contribution in [0.25, 0.3) is 11.1 Å². The molecule has 1 aromatic carbocycles. The fraction of sp³-hybridized carbons (Fsp3) is 0.471. The van der Waals surface area contributed by atoms with Crippen LogP contribution in [0.3, 0.4) is 0 Å². The normalized spacial score (nSPS) is 18.9. The molecule has 3 heterocycles. The zero-order valence-electron chi connectivity index (χ0n) is 14.0. The highest BCUT2D eigenvalue weighted by molar-refractivity contribution is 5.88. The quantitative estimate of drug-likeness (QED) is 0.832. The second-order valence-electron chi connectivity index (χ2n) is 6.88. The molecule has 25 heavy (non-hydrogen) atoms. The average molecular weight is 344 g/mol. The number of fused-ring (bicyclic) bond motifs is 1. The molecule has 0 aliphatic carbocycles. The molecule has 2 aromatic rings. The summed E-state index contributed by atoms with van der Waals surface area (Å²) >= 11 is 0. The smallest absolute Gasteiger partial charge is 0.408 e. The minimum Gasteiger partial charge on any atom is -0.408 e. The van der Waals surface area contributed by atoms with Crippen molar-refractivity contribution in [3.8, 4) is 0 Å². The molecule has 2 saturated heterocycles. The number of benzene rings is 1. The number of carbonyl (C=O) groups excluding carboxylic acids is 2. The van der Waals surface area contributed by atoms with Crippen molar-refractivity contribution in [2.75, 3.05) is 19.6 Å². The Balaban J connectivity index is 1.36. The zero-order valence-corrected chi connectivity index (χ0v) is 14.0. The van der Waals surface area contributed by atoms with E-state index in [1.807, 2.05) is 6.07 Å². The van der Waals surface area contributed by atoms with Crippen LogP contribution < -0.4 is 16.4 Å². The maximum absolute atomic E-state index is 12.3. The van der Waals surface area contributed by atoms with Crippen LogP contribution in [0.2, 0.25) is 0 Å². The van der Waals surface area contributed by atoms with Gasteiger partial charge in [-0.15, -0.1) is 0 Å². The number of carbonyl (C=O) groups is 2.